The van der Waals surface area contributed by atoms with E-state index < -0.39 is 11.9 Å². The van der Waals surface area contributed by atoms with Gasteiger partial charge in [0.25, 0.3) is 0 Å². The molecule has 0 spiro atoms. The largest absolute Gasteiger partial charge is 0.497 e. The lowest BCUT2D eigenvalue weighted by Crippen LogP contribution is -2.47. The van der Waals surface area contributed by atoms with Gasteiger partial charge in [-0.25, -0.2) is 0 Å². The van der Waals surface area contributed by atoms with Crippen molar-refractivity contribution in [1.82, 2.24) is 10.6 Å². The highest BCUT2D eigenvalue weighted by Gasteiger charge is 2.21. The highest BCUT2D eigenvalue weighted by molar-refractivity contribution is 5.91. The van der Waals surface area contributed by atoms with E-state index in [4.69, 9.17) is 10.5 Å². The smallest absolute Gasteiger partial charge is 0.240 e. The first-order chi connectivity index (χ1) is 13.5. The third-order valence-corrected chi connectivity index (χ3v) is 4.45. The zero-order chi connectivity index (χ0) is 20.8. The van der Waals surface area contributed by atoms with Crippen molar-refractivity contribution in [2.45, 2.75) is 64.3 Å². The molecule has 7 nitrogen and oxygen atoms in total. The van der Waals surface area contributed by atoms with Crippen molar-refractivity contribution in [1.29, 1.82) is 0 Å². The van der Waals surface area contributed by atoms with Gasteiger partial charge < -0.3 is 21.1 Å². The minimum atomic E-state index is -0.986. The maximum Gasteiger partial charge on any atom is 0.240 e. The van der Waals surface area contributed by atoms with E-state index in [9.17, 15) is 14.4 Å². The summed E-state index contributed by atoms with van der Waals surface area (Å²) >= 11 is 0. The number of unbranched alkanes of at least 4 members (excludes halogenated alkanes) is 4. The summed E-state index contributed by atoms with van der Waals surface area (Å²) in [5.74, 6) is -0.517. The molecule has 4 N–H and O–H groups in total. The fourth-order valence-electron chi connectivity index (χ4n) is 2.81. The number of carbonyl (C=O) groups excluding carboxylic acids is 3. The zero-order valence-electron chi connectivity index (χ0n) is 17.0. The summed E-state index contributed by atoms with van der Waals surface area (Å²) in [6.07, 6.45) is 5.95. The van der Waals surface area contributed by atoms with Crippen molar-refractivity contribution >= 4 is 17.7 Å². The standard InChI is InChI=1S/C21H33N3O4/c1-3-4-5-6-7-11-19(25)24-18(21(22)27)15-20(26)23-13-12-16-9-8-10-17(14-16)28-2/h8-10,14,18H,3-7,11-13,15H2,1-2H3,(H2,22,27)(H,23,26)(H,24,25)/t18-/m1/s1. The Kier molecular flexibility index (Phi) is 11.4. The summed E-state index contributed by atoms with van der Waals surface area (Å²) in [4.78, 5) is 35.6. The lowest BCUT2D eigenvalue weighted by molar-refractivity contribution is -0.130. The Morgan fingerprint density at radius 1 is 1.11 bits per heavy atom. The molecule has 0 radical (unpaired) electrons. The van der Waals surface area contributed by atoms with Crippen LogP contribution in [-0.4, -0.2) is 37.4 Å². The Morgan fingerprint density at radius 2 is 1.86 bits per heavy atom. The quantitative estimate of drug-likeness (QED) is 0.422. The second-order valence-corrected chi connectivity index (χ2v) is 6.84. The van der Waals surface area contributed by atoms with Gasteiger partial charge >= 0.3 is 0 Å². The van der Waals surface area contributed by atoms with Crippen LogP contribution < -0.4 is 21.1 Å². The fourth-order valence-corrected chi connectivity index (χ4v) is 2.81. The van der Waals surface area contributed by atoms with E-state index in [0.29, 0.717) is 19.4 Å². The predicted molar refractivity (Wildman–Crippen MR) is 109 cm³/mol. The number of carbonyl (C=O) groups is 3. The molecule has 0 bridgehead atoms. The van der Waals surface area contributed by atoms with Gasteiger partial charge in [-0.1, -0.05) is 44.7 Å². The Hall–Kier alpha value is -2.57. The lowest BCUT2D eigenvalue weighted by Gasteiger charge is -2.15. The molecule has 7 heteroatoms. The molecule has 1 aromatic rings. The molecule has 156 valence electrons. The molecular weight excluding hydrogens is 358 g/mol. The third-order valence-electron chi connectivity index (χ3n) is 4.45. The first-order valence-corrected chi connectivity index (χ1v) is 9.94. The molecule has 0 aliphatic rings. The summed E-state index contributed by atoms with van der Waals surface area (Å²) in [6.45, 7) is 2.55. The maximum absolute atomic E-state index is 12.1. The number of nitrogens with two attached hydrogens (primary N) is 1. The molecule has 0 heterocycles. The second kappa shape index (κ2) is 13.6. The first kappa shape index (κ1) is 23.5. The van der Waals surface area contributed by atoms with Crippen molar-refractivity contribution in [3.05, 3.63) is 29.8 Å². The number of benzene rings is 1. The number of hydrogen-bond acceptors (Lipinski definition) is 4. The van der Waals surface area contributed by atoms with Gasteiger partial charge in [0.1, 0.15) is 11.8 Å². The molecule has 3 amide bonds. The topological polar surface area (TPSA) is 111 Å². The minimum absolute atomic E-state index is 0.158. The highest BCUT2D eigenvalue weighted by Crippen LogP contribution is 2.12. The Balaban J connectivity index is 2.34. The van der Waals surface area contributed by atoms with Crippen LogP contribution in [0.2, 0.25) is 0 Å². The molecule has 0 saturated carbocycles. The zero-order valence-corrected chi connectivity index (χ0v) is 17.0. The van der Waals surface area contributed by atoms with E-state index in [0.717, 1.165) is 43.4 Å². The molecule has 0 aliphatic carbocycles. The van der Waals surface area contributed by atoms with Crippen LogP contribution in [0, 0.1) is 0 Å². The molecule has 0 saturated heterocycles. The lowest BCUT2D eigenvalue weighted by atomic mass is 10.1. The van der Waals surface area contributed by atoms with Gasteiger partial charge in [0, 0.05) is 13.0 Å². The number of amides is 3. The van der Waals surface area contributed by atoms with E-state index in [1.807, 2.05) is 24.3 Å². The van der Waals surface area contributed by atoms with E-state index in [2.05, 4.69) is 17.6 Å². The molecule has 0 fully saturated rings. The van der Waals surface area contributed by atoms with Crippen LogP contribution in [0.3, 0.4) is 0 Å². The van der Waals surface area contributed by atoms with Crippen molar-refractivity contribution in [3.63, 3.8) is 0 Å². The van der Waals surface area contributed by atoms with Gasteiger partial charge in [-0.05, 0) is 30.5 Å². The summed E-state index contributed by atoms with van der Waals surface area (Å²) in [5.41, 5.74) is 6.36. The number of nitrogens with one attached hydrogen (secondary N) is 2. The van der Waals surface area contributed by atoms with Crippen LogP contribution >= 0.6 is 0 Å². The van der Waals surface area contributed by atoms with E-state index >= 15 is 0 Å². The molecule has 0 aliphatic heterocycles. The molecule has 1 rings (SSSR count). The van der Waals surface area contributed by atoms with Crippen molar-refractivity contribution in [2.24, 2.45) is 5.73 Å². The van der Waals surface area contributed by atoms with E-state index in [1.165, 1.54) is 0 Å². The van der Waals surface area contributed by atoms with Crippen LogP contribution in [0.1, 0.15) is 57.4 Å². The molecule has 0 unspecified atom stereocenters. The van der Waals surface area contributed by atoms with Gasteiger partial charge in [-0.15, -0.1) is 0 Å². The molecular formula is C21H33N3O4. The third kappa shape index (κ3) is 9.94. The van der Waals surface area contributed by atoms with Gasteiger partial charge in [0.05, 0.1) is 13.5 Å². The monoisotopic (exact) mass is 391 g/mol. The Labute approximate surface area is 167 Å². The Bertz CT molecular complexity index is 634. The molecule has 28 heavy (non-hydrogen) atoms. The average Bonchev–Trinajstić information content (AvgIpc) is 2.67. The SMILES string of the molecule is CCCCCCCC(=O)N[C@H](CC(=O)NCCc1cccc(OC)c1)C(N)=O. The molecule has 1 aromatic carbocycles. The first-order valence-electron chi connectivity index (χ1n) is 9.94. The molecule has 1 atom stereocenters. The Morgan fingerprint density at radius 3 is 2.54 bits per heavy atom. The molecule has 0 aromatic heterocycles. The van der Waals surface area contributed by atoms with Crippen LogP contribution in [-0.2, 0) is 20.8 Å². The average molecular weight is 392 g/mol. The van der Waals surface area contributed by atoms with Gasteiger partial charge in [-0.2, -0.15) is 0 Å². The maximum atomic E-state index is 12.1. The number of primary amides is 1. The van der Waals surface area contributed by atoms with Crippen molar-refractivity contribution in [3.8, 4) is 5.75 Å². The van der Waals surface area contributed by atoms with Crippen molar-refractivity contribution in [2.75, 3.05) is 13.7 Å². The van der Waals surface area contributed by atoms with Gasteiger partial charge in [-0.3, -0.25) is 14.4 Å². The van der Waals surface area contributed by atoms with Gasteiger partial charge in [0.2, 0.25) is 17.7 Å². The summed E-state index contributed by atoms with van der Waals surface area (Å²) in [5, 5.41) is 5.33. The van der Waals surface area contributed by atoms with Crippen LogP contribution in [0.15, 0.2) is 24.3 Å². The summed E-state index contributed by atoms with van der Waals surface area (Å²) < 4.78 is 5.17. The number of hydrogen-bond donors (Lipinski definition) is 3. The van der Waals surface area contributed by atoms with Crippen LogP contribution in [0.25, 0.3) is 0 Å². The predicted octanol–water partition coefficient (Wildman–Crippen LogP) is 2.07. The minimum Gasteiger partial charge on any atom is -0.497 e. The fraction of sp³-hybridized carbons (Fsp3) is 0.571. The summed E-state index contributed by atoms with van der Waals surface area (Å²) in [6, 6.07) is 6.60. The van der Waals surface area contributed by atoms with Gasteiger partial charge in [0.15, 0.2) is 0 Å². The second-order valence-electron chi connectivity index (χ2n) is 6.84. The van der Waals surface area contributed by atoms with Crippen LogP contribution in [0.4, 0.5) is 0 Å². The number of ether oxygens (including phenoxy) is 1. The normalized spacial score (nSPS) is 11.5. The summed E-state index contributed by atoms with van der Waals surface area (Å²) in [7, 11) is 1.60. The number of rotatable bonds is 14. The number of methoxy groups -OCH3 is 1. The highest BCUT2D eigenvalue weighted by atomic mass is 16.5. The van der Waals surface area contributed by atoms with Crippen molar-refractivity contribution < 1.29 is 19.1 Å². The van der Waals surface area contributed by atoms with Crippen LogP contribution in [0.5, 0.6) is 5.75 Å². The van der Waals surface area contributed by atoms with E-state index in [1.54, 1.807) is 7.11 Å². The van der Waals surface area contributed by atoms with E-state index in [-0.39, 0.29) is 18.2 Å².